The van der Waals surface area contributed by atoms with E-state index in [4.69, 9.17) is 0 Å². The van der Waals surface area contributed by atoms with E-state index in [0.717, 1.165) is 11.3 Å². The zero-order valence-electron chi connectivity index (χ0n) is 9.12. The second-order valence-corrected chi connectivity index (χ2v) is 4.26. The van der Waals surface area contributed by atoms with Gasteiger partial charge in [-0.2, -0.15) is 0 Å². The summed E-state index contributed by atoms with van der Waals surface area (Å²) in [5.41, 5.74) is 1.92. The van der Waals surface area contributed by atoms with E-state index >= 15 is 0 Å². The summed E-state index contributed by atoms with van der Waals surface area (Å²) < 4.78 is 0. The van der Waals surface area contributed by atoms with Gasteiger partial charge in [0.2, 0.25) is 0 Å². The highest BCUT2D eigenvalue weighted by atomic mass is 16.1. The number of benzene rings is 1. The molecule has 0 aliphatic heterocycles. The minimum absolute atomic E-state index is 0.127. The lowest BCUT2D eigenvalue weighted by atomic mass is 10.1. The second-order valence-electron chi connectivity index (χ2n) is 4.26. The predicted octanol–water partition coefficient (Wildman–Crippen LogP) is 3.24. The molecule has 0 atom stereocenters. The molecule has 2 rings (SSSR count). The van der Waals surface area contributed by atoms with Crippen LogP contribution in [0.1, 0.15) is 43.0 Å². The van der Waals surface area contributed by atoms with Crippen molar-refractivity contribution in [2.24, 2.45) is 0 Å². The van der Waals surface area contributed by atoms with Crippen LogP contribution in [0.25, 0.3) is 0 Å². The van der Waals surface area contributed by atoms with Crippen LogP contribution in [-0.4, -0.2) is 11.8 Å². The Morgan fingerprint density at radius 2 is 1.80 bits per heavy atom. The minimum Gasteiger partial charge on any atom is -0.382 e. The summed E-state index contributed by atoms with van der Waals surface area (Å²) in [7, 11) is 0. The van der Waals surface area contributed by atoms with Gasteiger partial charge in [-0.05, 0) is 44.0 Å². The maximum atomic E-state index is 11.1. The van der Waals surface area contributed by atoms with Gasteiger partial charge in [-0.25, -0.2) is 0 Å². The first-order chi connectivity index (χ1) is 7.25. The van der Waals surface area contributed by atoms with Gasteiger partial charge in [-0.1, -0.05) is 12.8 Å². The Bertz CT molecular complexity index is 336. The Hall–Kier alpha value is -1.31. The van der Waals surface area contributed by atoms with Crippen LogP contribution in [-0.2, 0) is 0 Å². The van der Waals surface area contributed by atoms with Crippen LogP contribution in [0, 0.1) is 0 Å². The maximum Gasteiger partial charge on any atom is 0.159 e. The Morgan fingerprint density at radius 1 is 1.20 bits per heavy atom. The van der Waals surface area contributed by atoms with Crippen LogP contribution in [0.2, 0.25) is 0 Å². The predicted molar refractivity (Wildman–Crippen MR) is 62.3 cm³/mol. The summed E-state index contributed by atoms with van der Waals surface area (Å²) >= 11 is 0. The Kier molecular flexibility index (Phi) is 3.05. The lowest BCUT2D eigenvalue weighted by Crippen LogP contribution is -2.14. The number of hydrogen-bond donors (Lipinski definition) is 1. The summed E-state index contributed by atoms with van der Waals surface area (Å²) in [5, 5.41) is 3.50. The van der Waals surface area contributed by atoms with E-state index in [1.807, 2.05) is 24.3 Å². The van der Waals surface area contributed by atoms with Crippen LogP contribution in [0.3, 0.4) is 0 Å². The fourth-order valence-electron chi connectivity index (χ4n) is 2.11. The quantitative estimate of drug-likeness (QED) is 0.764. The van der Waals surface area contributed by atoms with Gasteiger partial charge in [-0.3, -0.25) is 4.79 Å². The first-order valence-electron chi connectivity index (χ1n) is 5.63. The van der Waals surface area contributed by atoms with Crippen molar-refractivity contribution in [2.45, 2.75) is 38.6 Å². The SMILES string of the molecule is CC(=O)c1ccc(NC2CCCC2)cc1. The molecule has 0 spiro atoms. The minimum atomic E-state index is 0.127. The van der Waals surface area contributed by atoms with Crippen LogP contribution in [0.15, 0.2) is 24.3 Å². The first kappa shape index (κ1) is 10.2. The van der Waals surface area contributed by atoms with E-state index in [0.29, 0.717) is 6.04 Å². The van der Waals surface area contributed by atoms with Crippen molar-refractivity contribution in [3.63, 3.8) is 0 Å². The van der Waals surface area contributed by atoms with Crippen molar-refractivity contribution < 1.29 is 4.79 Å². The molecule has 0 unspecified atom stereocenters. The molecule has 1 fully saturated rings. The number of Topliss-reactive ketones (excluding diaryl/α,β-unsaturated/α-hetero) is 1. The lowest BCUT2D eigenvalue weighted by Gasteiger charge is -2.13. The van der Waals surface area contributed by atoms with E-state index in [9.17, 15) is 4.79 Å². The molecule has 1 aromatic rings. The van der Waals surface area contributed by atoms with E-state index in [1.165, 1.54) is 25.7 Å². The summed E-state index contributed by atoms with van der Waals surface area (Å²) in [6.45, 7) is 1.60. The molecule has 0 bridgehead atoms. The van der Waals surface area contributed by atoms with E-state index in [-0.39, 0.29) is 5.78 Å². The number of nitrogens with one attached hydrogen (secondary N) is 1. The number of carbonyl (C=O) groups excluding carboxylic acids is 1. The van der Waals surface area contributed by atoms with Crippen molar-refractivity contribution in [1.82, 2.24) is 0 Å². The third-order valence-corrected chi connectivity index (χ3v) is 3.02. The van der Waals surface area contributed by atoms with Gasteiger partial charge in [0.25, 0.3) is 0 Å². The molecular weight excluding hydrogens is 186 g/mol. The summed E-state index contributed by atoms with van der Waals surface area (Å²) in [5.74, 6) is 0.127. The molecule has 15 heavy (non-hydrogen) atoms. The van der Waals surface area contributed by atoms with Crippen LogP contribution < -0.4 is 5.32 Å². The summed E-state index contributed by atoms with van der Waals surface area (Å²) in [4.78, 5) is 11.1. The third-order valence-electron chi connectivity index (χ3n) is 3.02. The molecule has 1 aliphatic carbocycles. The van der Waals surface area contributed by atoms with Crippen molar-refractivity contribution in [3.8, 4) is 0 Å². The highest BCUT2D eigenvalue weighted by molar-refractivity contribution is 5.94. The molecule has 2 nitrogen and oxygen atoms in total. The monoisotopic (exact) mass is 203 g/mol. The maximum absolute atomic E-state index is 11.1. The molecule has 2 heteroatoms. The number of rotatable bonds is 3. The average Bonchev–Trinajstić information content (AvgIpc) is 2.71. The van der Waals surface area contributed by atoms with Crippen LogP contribution >= 0.6 is 0 Å². The largest absolute Gasteiger partial charge is 0.382 e. The van der Waals surface area contributed by atoms with Crippen LogP contribution in [0.4, 0.5) is 5.69 Å². The van der Waals surface area contributed by atoms with Crippen molar-refractivity contribution in [2.75, 3.05) is 5.32 Å². The van der Waals surface area contributed by atoms with Gasteiger partial charge in [0.15, 0.2) is 5.78 Å². The van der Waals surface area contributed by atoms with E-state index < -0.39 is 0 Å². The number of ketones is 1. The molecule has 0 aromatic heterocycles. The fraction of sp³-hybridized carbons (Fsp3) is 0.462. The number of anilines is 1. The molecule has 1 N–H and O–H groups in total. The molecule has 1 aliphatic rings. The topological polar surface area (TPSA) is 29.1 Å². The van der Waals surface area contributed by atoms with E-state index in [2.05, 4.69) is 5.32 Å². The molecular formula is C13H17NO. The van der Waals surface area contributed by atoms with Gasteiger partial charge in [0.1, 0.15) is 0 Å². The fourth-order valence-corrected chi connectivity index (χ4v) is 2.11. The van der Waals surface area contributed by atoms with Gasteiger partial charge in [-0.15, -0.1) is 0 Å². The summed E-state index contributed by atoms with van der Waals surface area (Å²) in [6, 6.07) is 8.40. The van der Waals surface area contributed by atoms with Gasteiger partial charge in [0.05, 0.1) is 0 Å². The Labute approximate surface area is 90.7 Å². The normalized spacial score (nSPS) is 16.6. The van der Waals surface area contributed by atoms with Gasteiger partial charge in [0, 0.05) is 17.3 Å². The van der Waals surface area contributed by atoms with Crippen molar-refractivity contribution in [3.05, 3.63) is 29.8 Å². The molecule has 1 saturated carbocycles. The van der Waals surface area contributed by atoms with Crippen molar-refractivity contribution in [1.29, 1.82) is 0 Å². The molecule has 0 radical (unpaired) electrons. The smallest absolute Gasteiger partial charge is 0.159 e. The highest BCUT2D eigenvalue weighted by Crippen LogP contribution is 2.22. The summed E-state index contributed by atoms with van der Waals surface area (Å²) in [6.07, 6.45) is 5.22. The van der Waals surface area contributed by atoms with Crippen molar-refractivity contribution >= 4 is 11.5 Å². The molecule has 0 amide bonds. The third kappa shape index (κ3) is 2.58. The first-order valence-corrected chi connectivity index (χ1v) is 5.63. The number of hydrogen-bond acceptors (Lipinski definition) is 2. The molecule has 1 aromatic carbocycles. The lowest BCUT2D eigenvalue weighted by molar-refractivity contribution is 0.101. The zero-order valence-corrected chi connectivity index (χ0v) is 9.12. The molecule has 0 heterocycles. The molecule has 0 saturated heterocycles. The van der Waals surface area contributed by atoms with Gasteiger partial charge < -0.3 is 5.32 Å². The Morgan fingerprint density at radius 3 is 2.33 bits per heavy atom. The highest BCUT2D eigenvalue weighted by Gasteiger charge is 2.14. The zero-order chi connectivity index (χ0) is 10.7. The average molecular weight is 203 g/mol. The second kappa shape index (κ2) is 4.47. The molecule has 80 valence electrons. The standard InChI is InChI=1S/C13H17NO/c1-10(15)11-6-8-13(9-7-11)14-12-4-2-3-5-12/h6-9,12,14H,2-5H2,1H3. The van der Waals surface area contributed by atoms with Gasteiger partial charge >= 0.3 is 0 Å². The van der Waals surface area contributed by atoms with Crippen LogP contribution in [0.5, 0.6) is 0 Å². The Balaban J connectivity index is 2.00. The van der Waals surface area contributed by atoms with E-state index in [1.54, 1.807) is 6.92 Å². The number of carbonyl (C=O) groups is 1.